The number of methoxy groups -OCH3 is 1. The molecule has 0 aliphatic carbocycles. The SMILES string of the molecule is CNC1CC(C2CCSC2)Oc2cc(OC)ccc21. The van der Waals surface area contributed by atoms with E-state index in [0.29, 0.717) is 18.1 Å². The van der Waals surface area contributed by atoms with Crippen molar-refractivity contribution in [2.24, 2.45) is 5.92 Å². The Hall–Kier alpha value is -0.870. The Bertz CT molecular complexity index is 446. The average molecular weight is 279 g/mol. The van der Waals surface area contributed by atoms with Gasteiger partial charge < -0.3 is 14.8 Å². The van der Waals surface area contributed by atoms with Gasteiger partial charge in [0.05, 0.1) is 7.11 Å². The van der Waals surface area contributed by atoms with Gasteiger partial charge in [0.25, 0.3) is 0 Å². The Morgan fingerprint density at radius 1 is 1.42 bits per heavy atom. The second kappa shape index (κ2) is 5.63. The van der Waals surface area contributed by atoms with Crippen molar-refractivity contribution < 1.29 is 9.47 Å². The molecule has 4 heteroatoms. The van der Waals surface area contributed by atoms with Gasteiger partial charge in [-0.05, 0) is 31.0 Å². The van der Waals surface area contributed by atoms with Gasteiger partial charge in [-0.3, -0.25) is 0 Å². The van der Waals surface area contributed by atoms with Crippen LogP contribution in [0.1, 0.15) is 24.4 Å². The first-order valence-electron chi connectivity index (χ1n) is 6.91. The van der Waals surface area contributed by atoms with E-state index < -0.39 is 0 Å². The van der Waals surface area contributed by atoms with Crippen molar-refractivity contribution >= 4 is 11.8 Å². The molecule has 3 rings (SSSR count). The highest BCUT2D eigenvalue weighted by Gasteiger charge is 2.34. The molecule has 0 amide bonds. The topological polar surface area (TPSA) is 30.5 Å². The average Bonchev–Trinajstić information content (AvgIpc) is 2.99. The summed E-state index contributed by atoms with van der Waals surface area (Å²) in [6.07, 6.45) is 2.69. The first-order valence-corrected chi connectivity index (χ1v) is 8.07. The third kappa shape index (κ3) is 2.56. The van der Waals surface area contributed by atoms with Crippen LogP contribution in [0.2, 0.25) is 0 Å². The van der Waals surface area contributed by atoms with Crippen LogP contribution in [0.4, 0.5) is 0 Å². The summed E-state index contributed by atoms with van der Waals surface area (Å²) in [6, 6.07) is 6.55. The van der Waals surface area contributed by atoms with Gasteiger partial charge in [-0.15, -0.1) is 0 Å². The summed E-state index contributed by atoms with van der Waals surface area (Å²) in [7, 11) is 3.73. The Kier molecular flexibility index (Phi) is 3.89. The van der Waals surface area contributed by atoms with E-state index in [4.69, 9.17) is 9.47 Å². The van der Waals surface area contributed by atoms with Gasteiger partial charge in [0.15, 0.2) is 0 Å². The molecule has 2 aliphatic rings. The van der Waals surface area contributed by atoms with E-state index in [-0.39, 0.29) is 0 Å². The molecule has 2 aliphatic heterocycles. The molecule has 0 spiro atoms. The molecule has 104 valence electrons. The van der Waals surface area contributed by atoms with Crippen LogP contribution >= 0.6 is 11.8 Å². The minimum atomic E-state index is 0.340. The summed E-state index contributed by atoms with van der Waals surface area (Å²) in [5.74, 6) is 5.07. The summed E-state index contributed by atoms with van der Waals surface area (Å²) in [4.78, 5) is 0. The number of hydrogen-bond acceptors (Lipinski definition) is 4. The van der Waals surface area contributed by atoms with E-state index >= 15 is 0 Å². The molecule has 3 atom stereocenters. The summed E-state index contributed by atoms with van der Waals surface area (Å²) >= 11 is 2.05. The fraction of sp³-hybridized carbons (Fsp3) is 0.600. The van der Waals surface area contributed by atoms with Crippen LogP contribution in [0.3, 0.4) is 0 Å². The van der Waals surface area contributed by atoms with Gasteiger partial charge in [-0.2, -0.15) is 11.8 Å². The number of ether oxygens (including phenoxy) is 2. The minimum Gasteiger partial charge on any atom is -0.497 e. The zero-order valence-electron chi connectivity index (χ0n) is 11.5. The van der Waals surface area contributed by atoms with Gasteiger partial charge in [-0.1, -0.05) is 6.07 Å². The van der Waals surface area contributed by atoms with E-state index in [1.54, 1.807) is 7.11 Å². The van der Waals surface area contributed by atoms with Crippen LogP contribution in [0.5, 0.6) is 11.5 Å². The quantitative estimate of drug-likeness (QED) is 0.921. The Morgan fingerprint density at radius 2 is 2.32 bits per heavy atom. The lowest BCUT2D eigenvalue weighted by Crippen LogP contribution is -2.36. The van der Waals surface area contributed by atoms with Crippen molar-refractivity contribution in [3.8, 4) is 11.5 Å². The fourth-order valence-corrected chi connectivity index (χ4v) is 4.33. The van der Waals surface area contributed by atoms with E-state index in [1.165, 1.54) is 23.5 Å². The molecule has 0 radical (unpaired) electrons. The van der Waals surface area contributed by atoms with Crippen LogP contribution in [0, 0.1) is 5.92 Å². The monoisotopic (exact) mass is 279 g/mol. The molecule has 1 N–H and O–H groups in total. The molecule has 19 heavy (non-hydrogen) atoms. The van der Waals surface area contributed by atoms with Gasteiger partial charge in [0.2, 0.25) is 0 Å². The zero-order chi connectivity index (χ0) is 13.2. The number of hydrogen-bond donors (Lipinski definition) is 1. The number of benzene rings is 1. The summed E-state index contributed by atoms with van der Waals surface area (Å²) < 4.78 is 11.6. The van der Waals surface area contributed by atoms with E-state index in [2.05, 4.69) is 11.4 Å². The lowest BCUT2D eigenvalue weighted by atomic mass is 9.89. The number of thioether (sulfide) groups is 1. The summed E-state index contributed by atoms with van der Waals surface area (Å²) in [6.45, 7) is 0. The van der Waals surface area contributed by atoms with Gasteiger partial charge in [0.1, 0.15) is 17.6 Å². The first-order chi connectivity index (χ1) is 9.31. The number of fused-ring (bicyclic) bond motifs is 1. The number of rotatable bonds is 3. The highest BCUT2D eigenvalue weighted by Crippen LogP contribution is 2.41. The zero-order valence-corrected chi connectivity index (χ0v) is 12.3. The van der Waals surface area contributed by atoms with Crippen LogP contribution in [-0.2, 0) is 0 Å². The van der Waals surface area contributed by atoms with Crippen LogP contribution in [-0.4, -0.2) is 31.8 Å². The molecular weight excluding hydrogens is 258 g/mol. The normalized spacial score (nSPS) is 29.7. The van der Waals surface area contributed by atoms with E-state index in [0.717, 1.165) is 17.9 Å². The first kappa shape index (κ1) is 13.1. The van der Waals surface area contributed by atoms with Crippen LogP contribution < -0.4 is 14.8 Å². The Labute approximate surface area is 119 Å². The maximum Gasteiger partial charge on any atom is 0.128 e. The third-order valence-electron chi connectivity index (χ3n) is 4.18. The van der Waals surface area contributed by atoms with Crippen LogP contribution in [0.25, 0.3) is 0 Å². The molecular formula is C15H21NO2S. The Morgan fingerprint density at radius 3 is 3.00 bits per heavy atom. The lowest BCUT2D eigenvalue weighted by molar-refractivity contribution is 0.104. The molecule has 0 saturated carbocycles. The molecule has 0 aromatic heterocycles. The van der Waals surface area contributed by atoms with Crippen molar-refractivity contribution in [2.45, 2.75) is 25.0 Å². The summed E-state index contributed by atoms with van der Waals surface area (Å²) in [5, 5.41) is 3.42. The molecule has 1 aromatic rings. The standard InChI is InChI=1S/C15H21NO2S/c1-16-13-8-14(10-5-6-19-9-10)18-15-7-11(17-2)3-4-12(13)15/h3-4,7,10,13-14,16H,5-6,8-9H2,1-2H3. The van der Waals surface area contributed by atoms with Crippen molar-refractivity contribution in [1.82, 2.24) is 5.32 Å². The summed E-state index contributed by atoms with van der Waals surface area (Å²) in [5.41, 5.74) is 1.25. The molecule has 3 nitrogen and oxygen atoms in total. The van der Waals surface area contributed by atoms with E-state index in [1.807, 2.05) is 30.9 Å². The van der Waals surface area contributed by atoms with Crippen molar-refractivity contribution in [2.75, 3.05) is 25.7 Å². The predicted octanol–water partition coefficient (Wildman–Crippen LogP) is 2.86. The van der Waals surface area contributed by atoms with Crippen molar-refractivity contribution in [3.63, 3.8) is 0 Å². The fourth-order valence-electron chi connectivity index (χ4n) is 3.01. The third-order valence-corrected chi connectivity index (χ3v) is 5.37. The maximum atomic E-state index is 6.26. The minimum absolute atomic E-state index is 0.340. The highest BCUT2D eigenvalue weighted by atomic mass is 32.2. The molecule has 1 fully saturated rings. The Balaban J connectivity index is 1.87. The van der Waals surface area contributed by atoms with Gasteiger partial charge in [-0.25, -0.2) is 0 Å². The maximum absolute atomic E-state index is 6.26. The predicted molar refractivity (Wildman–Crippen MR) is 79.3 cm³/mol. The largest absolute Gasteiger partial charge is 0.497 e. The highest BCUT2D eigenvalue weighted by molar-refractivity contribution is 7.99. The second-order valence-corrected chi connectivity index (χ2v) is 6.41. The van der Waals surface area contributed by atoms with Crippen molar-refractivity contribution in [1.29, 1.82) is 0 Å². The molecule has 1 saturated heterocycles. The molecule has 1 aromatic carbocycles. The lowest BCUT2D eigenvalue weighted by Gasteiger charge is -2.35. The second-order valence-electron chi connectivity index (χ2n) is 5.26. The molecule has 3 unspecified atom stereocenters. The molecule has 2 heterocycles. The van der Waals surface area contributed by atoms with Gasteiger partial charge >= 0.3 is 0 Å². The van der Waals surface area contributed by atoms with E-state index in [9.17, 15) is 0 Å². The van der Waals surface area contributed by atoms with Crippen molar-refractivity contribution in [3.05, 3.63) is 23.8 Å². The number of nitrogens with one attached hydrogen (secondary N) is 1. The molecule has 0 bridgehead atoms. The van der Waals surface area contributed by atoms with Crippen LogP contribution in [0.15, 0.2) is 18.2 Å². The smallest absolute Gasteiger partial charge is 0.128 e. The van der Waals surface area contributed by atoms with Gasteiger partial charge in [0, 0.05) is 30.0 Å².